The zero-order chi connectivity index (χ0) is 11.8. The topological polar surface area (TPSA) is 102 Å². The lowest BCUT2D eigenvalue weighted by atomic mass is 10.3. The summed E-state index contributed by atoms with van der Waals surface area (Å²) in [7, 11) is 1.10. The third kappa shape index (κ3) is 6.08. The van der Waals surface area contributed by atoms with Gasteiger partial charge in [0.15, 0.2) is 6.04 Å². The van der Waals surface area contributed by atoms with Gasteiger partial charge in [-0.05, 0) is 6.08 Å². The molecule has 0 aromatic heterocycles. The first-order valence-corrected chi connectivity index (χ1v) is 3.88. The number of hydrogen-bond acceptors (Lipinski definition) is 5. The number of carbonyl (C=O) groups is 3. The summed E-state index contributed by atoms with van der Waals surface area (Å²) in [6, 6.07) is -1.31. The quantitative estimate of drug-likeness (QED) is 0.502. The average Bonchev–Trinajstić information content (AvgIpc) is 2.15. The lowest BCUT2D eigenvalue weighted by molar-refractivity contribution is -0.139. The van der Waals surface area contributed by atoms with E-state index in [4.69, 9.17) is 5.11 Å². The van der Waals surface area contributed by atoms with Crippen LogP contribution in [0.5, 0.6) is 0 Å². The number of rotatable bonds is 4. The van der Waals surface area contributed by atoms with Crippen LogP contribution in [0.1, 0.15) is 6.92 Å². The molecule has 0 heterocycles. The Hall–Kier alpha value is -2.05. The van der Waals surface area contributed by atoms with E-state index >= 15 is 0 Å². The zero-order valence-corrected chi connectivity index (χ0v) is 8.22. The Balaban J connectivity index is 4.28. The third-order valence-corrected chi connectivity index (χ3v) is 1.23. The monoisotopic (exact) mass is 217 g/mol. The standard InChI is InChI=1S/C8H11NO6/c1-5(10)15-4-3-6(7(11)12)9-8(13)14-2/h3-4,6H,1-2H3,(H,9,13)(H,11,12)/b4-3+/t6-/m0/s1. The molecule has 0 aromatic rings. The molecule has 0 unspecified atom stereocenters. The number of ether oxygens (including phenoxy) is 2. The number of aliphatic carboxylic acids is 1. The highest BCUT2D eigenvalue weighted by Gasteiger charge is 2.16. The molecule has 84 valence electrons. The van der Waals surface area contributed by atoms with E-state index in [1.54, 1.807) is 0 Å². The van der Waals surface area contributed by atoms with Crippen LogP contribution in [0.25, 0.3) is 0 Å². The predicted molar refractivity (Wildman–Crippen MR) is 47.9 cm³/mol. The van der Waals surface area contributed by atoms with Crippen LogP contribution < -0.4 is 5.32 Å². The van der Waals surface area contributed by atoms with Crippen LogP contribution in [0.15, 0.2) is 12.3 Å². The number of carboxylic acids is 1. The Labute approximate surface area is 85.7 Å². The number of nitrogens with one attached hydrogen (secondary N) is 1. The smallest absolute Gasteiger partial charge is 0.407 e. The summed E-state index contributed by atoms with van der Waals surface area (Å²) in [6.45, 7) is 1.16. The van der Waals surface area contributed by atoms with Crippen LogP contribution in [0.2, 0.25) is 0 Å². The maximum Gasteiger partial charge on any atom is 0.407 e. The van der Waals surface area contributed by atoms with Gasteiger partial charge in [-0.25, -0.2) is 9.59 Å². The molecule has 2 N–H and O–H groups in total. The van der Waals surface area contributed by atoms with Crippen LogP contribution in [0.3, 0.4) is 0 Å². The molecule has 0 fully saturated rings. The van der Waals surface area contributed by atoms with Crippen molar-refractivity contribution in [1.82, 2.24) is 5.32 Å². The number of alkyl carbamates (subject to hydrolysis) is 1. The first-order chi connectivity index (χ1) is 6.97. The Kier molecular flexibility index (Phi) is 5.53. The molecule has 1 amide bonds. The molecule has 0 saturated carbocycles. The second-order valence-corrected chi connectivity index (χ2v) is 2.39. The third-order valence-electron chi connectivity index (χ3n) is 1.23. The van der Waals surface area contributed by atoms with E-state index in [0.29, 0.717) is 0 Å². The SMILES string of the molecule is COC(=O)N[C@@H](/C=C/OC(C)=O)C(=O)O. The molecule has 0 rings (SSSR count). The second-order valence-electron chi connectivity index (χ2n) is 2.39. The molecule has 0 bridgehead atoms. The Morgan fingerprint density at radius 1 is 1.40 bits per heavy atom. The lowest BCUT2D eigenvalue weighted by Crippen LogP contribution is -2.39. The van der Waals surface area contributed by atoms with Gasteiger partial charge in [-0.1, -0.05) is 0 Å². The minimum Gasteiger partial charge on any atom is -0.479 e. The highest BCUT2D eigenvalue weighted by atomic mass is 16.5. The summed E-state index contributed by atoms with van der Waals surface area (Å²) >= 11 is 0. The molecule has 0 aliphatic heterocycles. The average molecular weight is 217 g/mol. The molecule has 0 spiro atoms. The maximum absolute atomic E-state index is 10.7. The van der Waals surface area contributed by atoms with E-state index in [9.17, 15) is 14.4 Å². The van der Waals surface area contributed by atoms with E-state index < -0.39 is 24.1 Å². The van der Waals surface area contributed by atoms with Crippen molar-refractivity contribution >= 4 is 18.0 Å². The molecule has 0 aromatic carbocycles. The highest BCUT2D eigenvalue weighted by Crippen LogP contribution is 1.90. The van der Waals surface area contributed by atoms with E-state index in [0.717, 1.165) is 26.4 Å². The van der Waals surface area contributed by atoms with Gasteiger partial charge < -0.3 is 19.9 Å². The van der Waals surface area contributed by atoms with Gasteiger partial charge in [0.1, 0.15) is 0 Å². The largest absolute Gasteiger partial charge is 0.479 e. The minimum atomic E-state index is -1.31. The van der Waals surface area contributed by atoms with Gasteiger partial charge in [0.05, 0.1) is 13.4 Å². The molecule has 0 aliphatic carbocycles. The van der Waals surface area contributed by atoms with E-state index in [1.807, 2.05) is 5.32 Å². The molecule has 0 radical (unpaired) electrons. The number of esters is 1. The summed E-state index contributed by atoms with van der Waals surface area (Å²) < 4.78 is 8.57. The van der Waals surface area contributed by atoms with Gasteiger partial charge in [0, 0.05) is 6.92 Å². The number of methoxy groups -OCH3 is 1. The Bertz CT molecular complexity index is 285. The van der Waals surface area contributed by atoms with Gasteiger partial charge in [0.2, 0.25) is 0 Å². The zero-order valence-electron chi connectivity index (χ0n) is 8.22. The van der Waals surface area contributed by atoms with Gasteiger partial charge in [0.25, 0.3) is 0 Å². The van der Waals surface area contributed by atoms with Gasteiger partial charge in [-0.2, -0.15) is 0 Å². The van der Waals surface area contributed by atoms with E-state index in [-0.39, 0.29) is 0 Å². The fourth-order valence-corrected chi connectivity index (χ4v) is 0.592. The molecule has 7 nitrogen and oxygen atoms in total. The molecule has 7 heteroatoms. The molecular weight excluding hydrogens is 206 g/mol. The van der Waals surface area contributed by atoms with Gasteiger partial charge >= 0.3 is 18.0 Å². The summed E-state index contributed by atoms with van der Waals surface area (Å²) in [4.78, 5) is 31.6. The van der Waals surface area contributed by atoms with E-state index in [2.05, 4.69) is 9.47 Å². The maximum atomic E-state index is 10.7. The summed E-state index contributed by atoms with van der Waals surface area (Å²) in [6.07, 6.45) is 0.993. The molecular formula is C8H11NO6. The van der Waals surface area contributed by atoms with E-state index in [1.165, 1.54) is 0 Å². The van der Waals surface area contributed by atoms with Crippen molar-refractivity contribution in [1.29, 1.82) is 0 Å². The van der Waals surface area contributed by atoms with Crippen molar-refractivity contribution in [2.24, 2.45) is 0 Å². The molecule has 0 aliphatic rings. The second kappa shape index (κ2) is 6.41. The number of carboxylic acid groups (broad SMARTS) is 1. The van der Waals surface area contributed by atoms with Crippen LogP contribution in [-0.2, 0) is 19.1 Å². The first-order valence-electron chi connectivity index (χ1n) is 3.88. The van der Waals surface area contributed by atoms with Crippen LogP contribution in [0.4, 0.5) is 4.79 Å². The van der Waals surface area contributed by atoms with Crippen molar-refractivity contribution in [2.45, 2.75) is 13.0 Å². The van der Waals surface area contributed by atoms with Crippen molar-refractivity contribution in [3.8, 4) is 0 Å². The normalized spacial score (nSPS) is 11.9. The van der Waals surface area contributed by atoms with Crippen LogP contribution in [0, 0.1) is 0 Å². The fraction of sp³-hybridized carbons (Fsp3) is 0.375. The molecule has 15 heavy (non-hydrogen) atoms. The lowest BCUT2D eigenvalue weighted by Gasteiger charge is -2.08. The Morgan fingerprint density at radius 3 is 2.40 bits per heavy atom. The van der Waals surface area contributed by atoms with Crippen molar-refractivity contribution in [2.75, 3.05) is 7.11 Å². The first kappa shape index (κ1) is 12.9. The van der Waals surface area contributed by atoms with Gasteiger partial charge in [-0.3, -0.25) is 4.79 Å². The predicted octanol–water partition coefficient (Wildman–Crippen LogP) is -0.128. The van der Waals surface area contributed by atoms with Crippen molar-refractivity contribution < 1.29 is 29.0 Å². The van der Waals surface area contributed by atoms with Crippen LogP contribution >= 0.6 is 0 Å². The molecule has 1 atom stereocenters. The highest BCUT2D eigenvalue weighted by molar-refractivity contribution is 5.81. The van der Waals surface area contributed by atoms with Crippen molar-refractivity contribution in [3.05, 3.63) is 12.3 Å². The number of amides is 1. The Morgan fingerprint density at radius 2 is 2.00 bits per heavy atom. The van der Waals surface area contributed by atoms with Crippen molar-refractivity contribution in [3.63, 3.8) is 0 Å². The molecule has 0 saturated heterocycles. The summed E-state index contributed by atoms with van der Waals surface area (Å²) in [5.41, 5.74) is 0. The number of carbonyl (C=O) groups excluding carboxylic acids is 2. The van der Waals surface area contributed by atoms with Gasteiger partial charge in [-0.15, -0.1) is 0 Å². The summed E-state index contributed by atoms with van der Waals surface area (Å²) in [5, 5.41) is 10.6. The van der Waals surface area contributed by atoms with Crippen LogP contribution in [-0.4, -0.2) is 36.3 Å². The fourth-order valence-electron chi connectivity index (χ4n) is 0.592. The summed E-state index contributed by atoms with van der Waals surface area (Å²) in [5.74, 6) is -1.89. The number of hydrogen-bond donors (Lipinski definition) is 2. The minimum absolute atomic E-state index is 0.589.